The van der Waals surface area contributed by atoms with Gasteiger partial charge in [0.05, 0.1) is 15.6 Å². The molecule has 6 heteroatoms. The van der Waals surface area contributed by atoms with E-state index in [0.29, 0.717) is 5.56 Å². The van der Waals surface area contributed by atoms with Crippen LogP contribution in [0.3, 0.4) is 0 Å². The predicted octanol–water partition coefficient (Wildman–Crippen LogP) is 5.05. The Balaban J connectivity index is 2.14. The fraction of sp³-hybridized carbons (Fsp3) is 0.118. The minimum Gasteiger partial charge on any atom is -0.486 e. The highest BCUT2D eigenvalue weighted by Crippen LogP contribution is 2.35. The van der Waals surface area contributed by atoms with E-state index in [4.69, 9.17) is 32.7 Å². The van der Waals surface area contributed by atoms with E-state index in [1.807, 2.05) is 0 Å². The van der Waals surface area contributed by atoms with Gasteiger partial charge in [0.2, 0.25) is 0 Å². The van der Waals surface area contributed by atoms with Crippen LogP contribution in [0.5, 0.6) is 5.75 Å². The molecule has 0 bridgehead atoms. The summed E-state index contributed by atoms with van der Waals surface area (Å²) in [4.78, 5) is 11.8. The van der Waals surface area contributed by atoms with E-state index in [1.54, 1.807) is 12.1 Å². The summed E-state index contributed by atoms with van der Waals surface area (Å²) >= 11 is 12.2. The summed E-state index contributed by atoms with van der Waals surface area (Å²) in [7, 11) is 0. The van der Waals surface area contributed by atoms with Crippen LogP contribution in [-0.4, -0.2) is 12.6 Å². The average Bonchev–Trinajstić information content (AvgIpc) is 2.51. The fourth-order valence-corrected chi connectivity index (χ4v) is 2.41. The molecule has 0 N–H and O–H groups in total. The van der Waals surface area contributed by atoms with Gasteiger partial charge in [-0.2, -0.15) is 0 Å². The monoisotopic (exact) mass is 354 g/mol. The lowest BCUT2D eigenvalue weighted by molar-refractivity contribution is 0.0549. The third-order valence-corrected chi connectivity index (χ3v) is 3.40. The van der Waals surface area contributed by atoms with Crippen molar-refractivity contribution in [3.8, 4) is 5.75 Å². The molecule has 2 aromatic carbocycles. The standard InChI is InChI=1S/C17H13Cl2FO3/c1-2-6-22-17(21)12-8-14(18)16(15(19)9-12)23-10-11-4-3-5-13(20)7-11/h2-5,7-9H,1,6,10H2. The van der Waals surface area contributed by atoms with Crippen LogP contribution in [0, 0.1) is 5.82 Å². The smallest absolute Gasteiger partial charge is 0.338 e. The first-order valence-corrected chi connectivity index (χ1v) is 7.41. The van der Waals surface area contributed by atoms with E-state index in [1.165, 1.54) is 30.3 Å². The highest BCUT2D eigenvalue weighted by molar-refractivity contribution is 6.37. The Morgan fingerprint density at radius 1 is 1.22 bits per heavy atom. The number of benzene rings is 2. The average molecular weight is 355 g/mol. The van der Waals surface area contributed by atoms with Crippen LogP contribution in [0.1, 0.15) is 15.9 Å². The summed E-state index contributed by atoms with van der Waals surface area (Å²) in [6.07, 6.45) is 1.46. The second-order valence-electron chi connectivity index (χ2n) is 4.57. The van der Waals surface area contributed by atoms with Gasteiger partial charge in [0.25, 0.3) is 0 Å². The van der Waals surface area contributed by atoms with Gasteiger partial charge in [-0.25, -0.2) is 9.18 Å². The van der Waals surface area contributed by atoms with Crippen LogP contribution < -0.4 is 4.74 Å². The highest BCUT2D eigenvalue weighted by Gasteiger charge is 2.15. The normalized spacial score (nSPS) is 10.2. The maximum atomic E-state index is 13.1. The van der Waals surface area contributed by atoms with Crippen molar-refractivity contribution in [1.82, 2.24) is 0 Å². The van der Waals surface area contributed by atoms with Crippen LogP contribution in [0.15, 0.2) is 49.1 Å². The van der Waals surface area contributed by atoms with Crippen molar-refractivity contribution in [2.75, 3.05) is 6.61 Å². The van der Waals surface area contributed by atoms with Crippen LogP contribution in [0.4, 0.5) is 4.39 Å². The van der Waals surface area contributed by atoms with Crippen molar-refractivity contribution in [2.24, 2.45) is 0 Å². The first kappa shape index (κ1) is 17.3. The van der Waals surface area contributed by atoms with Gasteiger partial charge in [0, 0.05) is 0 Å². The molecule has 0 saturated carbocycles. The molecule has 0 aliphatic carbocycles. The Bertz CT molecular complexity index is 709. The molecule has 0 radical (unpaired) electrons. The van der Waals surface area contributed by atoms with E-state index in [9.17, 15) is 9.18 Å². The van der Waals surface area contributed by atoms with Gasteiger partial charge in [-0.05, 0) is 29.8 Å². The molecule has 0 aliphatic rings. The number of halogens is 3. The number of hydrogen-bond acceptors (Lipinski definition) is 3. The molecule has 0 aliphatic heterocycles. The van der Waals surface area contributed by atoms with Crippen molar-refractivity contribution < 1.29 is 18.7 Å². The molecular weight excluding hydrogens is 342 g/mol. The Morgan fingerprint density at radius 3 is 2.52 bits per heavy atom. The first-order chi connectivity index (χ1) is 11.0. The minimum atomic E-state index is -0.564. The van der Waals surface area contributed by atoms with Gasteiger partial charge >= 0.3 is 5.97 Å². The van der Waals surface area contributed by atoms with Crippen molar-refractivity contribution in [3.63, 3.8) is 0 Å². The molecule has 23 heavy (non-hydrogen) atoms. The SMILES string of the molecule is C=CCOC(=O)c1cc(Cl)c(OCc2cccc(F)c2)c(Cl)c1. The molecule has 0 fully saturated rings. The summed E-state index contributed by atoms with van der Waals surface area (Å²) in [5.74, 6) is -0.702. The topological polar surface area (TPSA) is 35.5 Å². The zero-order chi connectivity index (χ0) is 16.8. The summed E-state index contributed by atoms with van der Waals surface area (Å²) in [6.45, 7) is 3.64. The summed E-state index contributed by atoms with van der Waals surface area (Å²) in [5.41, 5.74) is 0.839. The van der Waals surface area contributed by atoms with Gasteiger partial charge in [0.15, 0.2) is 5.75 Å². The van der Waals surface area contributed by atoms with E-state index in [-0.39, 0.29) is 40.4 Å². The summed E-state index contributed by atoms with van der Waals surface area (Å²) < 4.78 is 23.6. The number of hydrogen-bond donors (Lipinski definition) is 0. The minimum absolute atomic E-state index is 0.0892. The number of esters is 1. The zero-order valence-electron chi connectivity index (χ0n) is 12.0. The third kappa shape index (κ3) is 4.71. The second kappa shape index (κ2) is 7.99. The lowest BCUT2D eigenvalue weighted by atomic mass is 10.2. The van der Waals surface area contributed by atoms with Crippen molar-refractivity contribution in [3.05, 3.63) is 76.0 Å². The Morgan fingerprint density at radius 2 is 1.91 bits per heavy atom. The van der Waals surface area contributed by atoms with Crippen LogP contribution in [0.2, 0.25) is 10.0 Å². The quantitative estimate of drug-likeness (QED) is 0.537. The molecule has 0 unspecified atom stereocenters. The van der Waals surface area contributed by atoms with E-state index in [0.717, 1.165) is 0 Å². The van der Waals surface area contributed by atoms with Gasteiger partial charge in [-0.15, -0.1) is 0 Å². The van der Waals surface area contributed by atoms with Crippen LogP contribution >= 0.6 is 23.2 Å². The molecule has 120 valence electrons. The molecule has 0 heterocycles. The van der Waals surface area contributed by atoms with Crippen molar-refractivity contribution in [1.29, 1.82) is 0 Å². The maximum Gasteiger partial charge on any atom is 0.338 e. The molecule has 2 aromatic rings. The van der Waals surface area contributed by atoms with Crippen LogP contribution in [-0.2, 0) is 11.3 Å². The lowest BCUT2D eigenvalue weighted by Crippen LogP contribution is -2.06. The second-order valence-corrected chi connectivity index (χ2v) is 5.39. The largest absolute Gasteiger partial charge is 0.486 e. The number of rotatable bonds is 6. The number of carbonyl (C=O) groups excluding carboxylic acids is 1. The molecule has 0 spiro atoms. The first-order valence-electron chi connectivity index (χ1n) is 6.65. The Kier molecular flexibility index (Phi) is 6.02. The molecule has 0 amide bonds. The molecule has 0 aromatic heterocycles. The fourth-order valence-electron chi connectivity index (χ4n) is 1.82. The molecule has 3 nitrogen and oxygen atoms in total. The molecule has 2 rings (SSSR count). The molecule has 0 atom stereocenters. The molecular formula is C17H13Cl2FO3. The molecule has 0 saturated heterocycles. The predicted molar refractivity (Wildman–Crippen MR) is 87.7 cm³/mol. The number of carbonyl (C=O) groups is 1. The Labute approximate surface area is 143 Å². The van der Waals surface area contributed by atoms with Crippen molar-refractivity contribution >= 4 is 29.2 Å². The number of ether oxygens (including phenoxy) is 2. The van der Waals surface area contributed by atoms with E-state index in [2.05, 4.69) is 6.58 Å². The van der Waals surface area contributed by atoms with Gasteiger partial charge < -0.3 is 9.47 Å². The maximum absolute atomic E-state index is 13.1. The van der Waals surface area contributed by atoms with E-state index >= 15 is 0 Å². The van der Waals surface area contributed by atoms with Gasteiger partial charge in [-0.3, -0.25) is 0 Å². The third-order valence-electron chi connectivity index (χ3n) is 2.84. The summed E-state index contributed by atoms with van der Waals surface area (Å²) in [6, 6.07) is 8.79. The Hall–Kier alpha value is -2.04. The highest BCUT2D eigenvalue weighted by atomic mass is 35.5. The van der Waals surface area contributed by atoms with Crippen LogP contribution in [0.25, 0.3) is 0 Å². The van der Waals surface area contributed by atoms with Gasteiger partial charge in [-0.1, -0.05) is 48.0 Å². The summed E-state index contributed by atoms with van der Waals surface area (Å²) in [5, 5.41) is 0.332. The lowest BCUT2D eigenvalue weighted by Gasteiger charge is -2.11. The zero-order valence-corrected chi connectivity index (χ0v) is 13.5. The van der Waals surface area contributed by atoms with E-state index < -0.39 is 5.97 Å². The van der Waals surface area contributed by atoms with Crippen molar-refractivity contribution in [2.45, 2.75) is 6.61 Å². The van der Waals surface area contributed by atoms with Gasteiger partial charge in [0.1, 0.15) is 19.0 Å².